The van der Waals surface area contributed by atoms with E-state index in [4.69, 9.17) is 9.47 Å². The third kappa shape index (κ3) is 4.80. The Morgan fingerprint density at radius 3 is 2.30 bits per heavy atom. The van der Waals surface area contributed by atoms with Gasteiger partial charge in [0, 0.05) is 17.3 Å². The van der Waals surface area contributed by atoms with Crippen molar-refractivity contribution in [2.75, 3.05) is 12.4 Å². The molecule has 3 rings (SSSR count). The van der Waals surface area contributed by atoms with Gasteiger partial charge in [0.25, 0.3) is 0 Å². The molecule has 2 N–H and O–H groups in total. The summed E-state index contributed by atoms with van der Waals surface area (Å²) in [5.74, 6) is 2.60. The van der Waals surface area contributed by atoms with E-state index < -0.39 is 6.23 Å². The van der Waals surface area contributed by atoms with Gasteiger partial charge in [0.05, 0.1) is 7.11 Å². The van der Waals surface area contributed by atoms with Crippen molar-refractivity contribution in [1.82, 2.24) is 0 Å². The lowest BCUT2D eigenvalue weighted by Crippen LogP contribution is -2.10. The number of aliphatic hydroxyl groups is 1. The topological polar surface area (TPSA) is 50.7 Å². The second kappa shape index (κ2) is 8.60. The summed E-state index contributed by atoms with van der Waals surface area (Å²) in [5.41, 5.74) is 2.71. The van der Waals surface area contributed by atoms with Crippen LogP contribution in [0.3, 0.4) is 0 Å². The number of anilines is 1. The van der Waals surface area contributed by atoms with E-state index in [-0.39, 0.29) is 0 Å². The molecule has 27 heavy (non-hydrogen) atoms. The molecule has 0 amide bonds. The molecule has 4 nitrogen and oxygen atoms in total. The van der Waals surface area contributed by atoms with Crippen LogP contribution in [0.1, 0.15) is 37.1 Å². The van der Waals surface area contributed by atoms with Crippen LogP contribution in [0, 0.1) is 0 Å². The fourth-order valence-corrected chi connectivity index (χ4v) is 2.83. The largest absolute Gasteiger partial charge is 0.496 e. The molecular weight excluding hydrogens is 338 g/mol. The zero-order valence-corrected chi connectivity index (χ0v) is 15.8. The Kier molecular flexibility index (Phi) is 5.99. The molecule has 0 spiro atoms. The molecule has 0 aliphatic rings. The molecule has 0 saturated carbocycles. The van der Waals surface area contributed by atoms with Gasteiger partial charge in [0.15, 0.2) is 6.23 Å². The lowest BCUT2D eigenvalue weighted by atomic mass is 10.0. The number of hydrogen-bond acceptors (Lipinski definition) is 4. The van der Waals surface area contributed by atoms with Gasteiger partial charge in [-0.3, -0.25) is 0 Å². The van der Waals surface area contributed by atoms with Gasteiger partial charge in [-0.05, 0) is 41.8 Å². The van der Waals surface area contributed by atoms with E-state index in [0.717, 1.165) is 11.4 Å². The van der Waals surface area contributed by atoms with Gasteiger partial charge < -0.3 is 19.9 Å². The fraction of sp³-hybridized carbons (Fsp3) is 0.217. The number of hydrogen-bond donors (Lipinski definition) is 2. The maximum absolute atomic E-state index is 10.5. The first-order valence-corrected chi connectivity index (χ1v) is 9.02. The maximum Gasteiger partial charge on any atom is 0.154 e. The lowest BCUT2D eigenvalue weighted by Gasteiger charge is -2.17. The Labute approximate surface area is 160 Å². The average Bonchev–Trinajstić information content (AvgIpc) is 2.68. The van der Waals surface area contributed by atoms with Crippen molar-refractivity contribution in [2.24, 2.45) is 0 Å². The van der Waals surface area contributed by atoms with Gasteiger partial charge in [-0.25, -0.2) is 0 Å². The van der Waals surface area contributed by atoms with Crippen molar-refractivity contribution in [3.05, 3.63) is 83.9 Å². The van der Waals surface area contributed by atoms with E-state index in [1.54, 1.807) is 7.11 Å². The van der Waals surface area contributed by atoms with Crippen molar-refractivity contribution >= 4 is 5.69 Å². The summed E-state index contributed by atoms with van der Waals surface area (Å²) in [6.45, 7) is 4.33. The van der Waals surface area contributed by atoms with Crippen LogP contribution in [0.2, 0.25) is 0 Å². The third-order valence-electron chi connectivity index (χ3n) is 4.35. The fourth-order valence-electron chi connectivity index (χ4n) is 2.83. The minimum absolute atomic E-state index is 0.489. The molecule has 0 radical (unpaired) electrons. The Hall–Kier alpha value is -2.98. The Morgan fingerprint density at radius 2 is 1.59 bits per heavy atom. The van der Waals surface area contributed by atoms with Crippen LogP contribution >= 0.6 is 0 Å². The van der Waals surface area contributed by atoms with E-state index >= 15 is 0 Å². The molecule has 0 fully saturated rings. The molecule has 3 aromatic rings. The molecule has 0 aliphatic carbocycles. The molecule has 0 bridgehead atoms. The van der Waals surface area contributed by atoms with Crippen molar-refractivity contribution in [3.63, 3.8) is 0 Å². The number of methoxy groups -OCH3 is 1. The summed E-state index contributed by atoms with van der Waals surface area (Å²) < 4.78 is 11.2. The van der Waals surface area contributed by atoms with Gasteiger partial charge in [0.1, 0.15) is 17.2 Å². The van der Waals surface area contributed by atoms with Crippen molar-refractivity contribution in [1.29, 1.82) is 0 Å². The van der Waals surface area contributed by atoms with Gasteiger partial charge in [-0.1, -0.05) is 50.2 Å². The van der Waals surface area contributed by atoms with Gasteiger partial charge in [-0.15, -0.1) is 0 Å². The predicted octanol–water partition coefficient (Wildman–Crippen LogP) is 5.71. The molecular formula is C23H25NO3. The molecule has 0 heterocycles. The highest BCUT2D eigenvalue weighted by Gasteiger charge is 2.12. The first-order chi connectivity index (χ1) is 13.1. The highest BCUT2D eigenvalue weighted by molar-refractivity contribution is 5.51. The highest BCUT2D eigenvalue weighted by Crippen LogP contribution is 2.29. The number of ether oxygens (including phenoxy) is 2. The maximum atomic E-state index is 10.5. The normalized spacial score (nSPS) is 11.9. The number of para-hydroxylation sites is 1. The first kappa shape index (κ1) is 18.8. The van der Waals surface area contributed by atoms with Gasteiger partial charge in [0.2, 0.25) is 0 Å². The number of benzene rings is 3. The van der Waals surface area contributed by atoms with Crippen LogP contribution in [-0.4, -0.2) is 12.2 Å². The molecule has 4 heteroatoms. The number of nitrogens with one attached hydrogen (secondary N) is 1. The van der Waals surface area contributed by atoms with Crippen molar-refractivity contribution < 1.29 is 14.6 Å². The molecule has 3 aromatic carbocycles. The Morgan fingerprint density at radius 1 is 0.852 bits per heavy atom. The van der Waals surface area contributed by atoms with Crippen LogP contribution in [-0.2, 0) is 0 Å². The summed E-state index contributed by atoms with van der Waals surface area (Å²) in [7, 11) is 1.59. The van der Waals surface area contributed by atoms with Crippen molar-refractivity contribution in [3.8, 4) is 17.2 Å². The zero-order valence-electron chi connectivity index (χ0n) is 15.8. The molecule has 1 unspecified atom stereocenters. The first-order valence-electron chi connectivity index (χ1n) is 9.02. The van der Waals surface area contributed by atoms with Crippen molar-refractivity contribution in [2.45, 2.75) is 26.0 Å². The van der Waals surface area contributed by atoms with E-state index in [1.165, 1.54) is 5.56 Å². The monoisotopic (exact) mass is 363 g/mol. The number of aliphatic hydroxyl groups excluding tert-OH is 1. The minimum Gasteiger partial charge on any atom is -0.496 e. The van der Waals surface area contributed by atoms with Gasteiger partial charge >= 0.3 is 0 Å². The van der Waals surface area contributed by atoms with E-state index in [1.807, 2.05) is 60.7 Å². The molecule has 140 valence electrons. The van der Waals surface area contributed by atoms with E-state index in [0.29, 0.717) is 23.0 Å². The molecule has 0 saturated heterocycles. The van der Waals surface area contributed by atoms with Crippen LogP contribution in [0.25, 0.3) is 0 Å². The van der Waals surface area contributed by atoms with Crippen LogP contribution in [0.15, 0.2) is 72.8 Å². The van der Waals surface area contributed by atoms with E-state index in [2.05, 4.69) is 31.3 Å². The predicted molar refractivity (Wildman–Crippen MR) is 109 cm³/mol. The quantitative estimate of drug-likeness (QED) is 0.528. The lowest BCUT2D eigenvalue weighted by molar-refractivity contribution is 0.203. The molecule has 0 aromatic heterocycles. The summed E-state index contributed by atoms with van der Waals surface area (Å²) in [4.78, 5) is 0. The Balaban J connectivity index is 1.71. The Bertz CT molecular complexity index is 875. The molecule has 1 atom stereocenters. The van der Waals surface area contributed by atoms with E-state index in [9.17, 15) is 5.11 Å². The number of rotatable bonds is 7. The van der Waals surface area contributed by atoms with Crippen LogP contribution in [0.5, 0.6) is 17.2 Å². The minimum atomic E-state index is -0.887. The summed E-state index contributed by atoms with van der Waals surface area (Å²) >= 11 is 0. The second-order valence-electron chi connectivity index (χ2n) is 6.64. The highest BCUT2D eigenvalue weighted by atomic mass is 16.5. The van der Waals surface area contributed by atoms with Crippen LogP contribution in [0.4, 0.5) is 5.69 Å². The summed E-state index contributed by atoms with van der Waals surface area (Å²) in [5, 5.41) is 13.6. The third-order valence-corrected chi connectivity index (χ3v) is 4.35. The van der Waals surface area contributed by atoms with Crippen LogP contribution < -0.4 is 14.8 Å². The molecule has 0 aliphatic heterocycles. The smallest absolute Gasteiger partial charge is 0.154 e. The summed E-state index contributed by atoms with van der Waals surface area (Å²) in [6, 6.07) is 23.0. The van der Waals surface area contributed by atoms with Gasteiger partial charge in [-0.2, -0.15) is 0 Å². The summed E-state index contributed by atoms with van der Waals surface area (Å²) in [6.07, 6.45) is -0.887. The second-order valence-corrected chi connectivity index (χ2v) is 6.64. The SMILES string of the molecule is COc1ccccc1C(O)Nc1cccc(Oc2ccc(C(C)C)cc2)c1. The standard InChI is InChI=1S/C23H25NO3/c1-16(2)17-11-13-19(14-12-17)27-20-8-6-7-18(15-20)24-23(25)21-9-4-5-10-22(21)26-3/h4-16,23-25H,1-3H3. The zero-order chi connectivity index (χ0) is 19.2. The average molecular weight is 363 g/mol.